The van der Waals surface area contributed by atoms with Crippen LogP contribution in [0.15, 0.2) is 114 Å². The molecular formula is C47H53N3O10. The van der Waals surface area contributed by atoms with Gasteiger partial charge in [0.1, 0.15) is 30.4 Å². The molecule has 3 aliphatic rings. The second-order valence-corrected chi connectivity index (χ2v) is 15.5. The third kappa shape index (κ3) is 8.47. The van der Waals surface area contributed by atoms with E-state index in [0.29, 0.717) is 35.8 Å². The van der Waals surface area contributed by atoms with Crippen molar-refractivity contribution in [3.63, 3.8) is 0 Å². The van der Waals surface area contributed by atoms with Crippen LogP contribution in [0.3, 0.4) is 0 Å². The zero-order valence-electron chi connectivity index (χ0n) is 34.1. The number of nitrogens with zero attached hydrogens (tertiary/aromatic N) is 3. The third-order valence-corrected chi connectivity index (χ3v) is 12.1. The Bertz CT molecular complexity index is 2240. The third-order valence-electron chi connectivity index (χ3n) is 12.1. The Kier molecular flexibility index (Phi) is 13.5. The van der Waals surface area contributed by atoms with Gasteiger partial charge in [0.25, 0.3) is 5.69 Å². The van der Waals surface area contributed by atoms with E-state index in [0.717, 1.165) is 53.2 Å². The molecule has 0 bridgehead atoms. The lowest BCUT2D eigenvalue weighted by atomic mass is 9.55. The summed E-state index contributed by atoms with van der Waals surface area (Å²) in [4.78, 5) is 32.7. The molecule has 4 aromatic rings. The molecule has 7 rings (SSSR count). The van der Waals surface area contributed by atoms with Crippen molar-refractivity contribution in [1.82, 2.24) is 4.90 Å². The van der Waals surface area contributed by atoms with Crippen LogP contribution in [0.25, 0.3) is 10.8 Å². The number of fused-ring (bicyclic) bond motifs is 3. The van der Waals surface area contributed by atoms with Crippen LogP contribution in [-0.4, -0.2) is 77.7 Å². The number of carbonyl (C=O) groups is 1. The Morgan fingerprint density at radius 2 is 1.73 bits per heavy atom. The highest BCUT2D eigenvalue weighted by Crippen LogP contribution is 2.62. The number of aliphatic hydroxyl groups is 2. The van der Waals surface area contributed by atoms with Gasteiger partial charge in [0.05, 0.1) is 42.9 Å². The number of benzene rings is 4. The summed E-state index contributed by atoms with van der Waals surface area (Å²) < 4.78 is 26.2. The highest BCUT2D eigenvalue weighted by molar-refractivity contribution is 6.03. The van der Waals surface area contributed by atoms with Gasteiger partial charge in [-0.3, -0.25) is 15.0 Å². The number of hydrogen-bond acceptors (Lipinski definition) is 11. The van der Waals surface area contributed by atoms with E-state index in [-0.39, 0.29) is 56.2 Å². The number of hydrogen-bond donors (Lipinski definition) is 2. The second kappa shape index (κ2) is 19.1. The van der Waals surface area contributed by atoms with E-state index in [4.69, 9.17) is 23.8 Å². The molecule has 6 unspecified atom stereocenters. The summed E-state index contributed by atoms with van der Waals surface area (Å²) in [5.74, 6) is -1.00. The van der Waals surface area contributed by atoms with Gasteiger partial charge in [0, 0.05) is 37.2 Å². The van der Waals surface area contributed by atoms with Crippen molar-refractivity contribution in [3.05, 3.63) is 130 Å². The first-order chi connectivity index (χ1) is 29.3. The number of aliphatic hydroxyl groups excluding tert-OH is 2. The van der Waals surface area contributed by atoms with E-state index >= 15 is 0 Å². The molecule has 0 aromatic heterocycles. The molecule has 1 saturated carbocycles. The van der Waals surface area contributed by atoms with Crippen LogP contribution in [0.4, 0.5) is 10.5 Å². The van der Waals surface area contributed by atoms with E-state index < -0.39 is 28.8 Å². The van der Waals surface area contributed by atoms with E-state index in [1.165, 1.54) is 26.4 Å². The fourth-order valence-corrected chi connectivity index (χ4v) is 9.65. The number of amides is 1. The van der Waals surface area contributed by atoms with E-state index in [1.807, 2.05) is 54.6 Å². The monoisotopic (exact) mass is 819 g/mol. The predicted octanol–water partition coefficient (Wildman–Crippen LogP) is 9.07. The summed E-state index contributed by atoms with van der Waals surface area (Å²) in [7, 11) is 2.87. The van der Waals surface area contributed by atoms with Crippen molar-refractivity contribution in [3.8, 4) is 17.2 Å². The molecular weight excluding hydrogens is 767 g/mol. The van der Waals surface area contributed by atoms with Crippen LogP contribution < -0.4 is 9.47 Å². The number of carbonyl (C=O) groups excluding carboxylic acids is 1. The van der Waals surface area contributed by atoms with Gasteiger partial charge in [-0.1, -0.05) is 78.7 Å². The molecule has 13 nitrogen and oxygen atoms in total. The van der Waals surface area contributed by atoms with Crippen LogP contribution in [0.5, 0.6) is 17.2 Å². The standard InChI is InChI=1S/C47H53N3O10/c1-4-25-58-47-43(49(46(53)56-2)30-33-16-11-15-31-13-5-6-19-37(31)33)29-41(48-57-3)39-26-32(14-7-9-23-51)38(20-8-10-24-52)44(45(39)47)40-28-36(21-22-42(40)60-47)59-35-18-12-17-34(27-35)50(54)55/h4-6,11-13,15-19,21-22,26-28,32,38,43-45,51-52H,1,7-10,14,20,23-25,29-30H2,2-3H3. The van der Waals surface area contributed by atoms with Gasteiger partial charge in [0.2, 0.25) is 5.79 Å². The first-order valence-corrected chi connectivity index (χ1v) is 20.6. The molecule has 6 atom stereocenters. The topological polar surface area (TPSA) is 162 Å². The van der Waals surface area contributed by atoms with Gasteiger partial charge >= 0.3 is 6.09 Å². The predicted molar refractivity (Wildman–Crippen MR) is 227 cm³/mol. The summed E-state index contributed by atoms with van der Waals surface area (Å²) in [6.45, 7) is 4.41. The first kappa shape index (κ1) is 42.4. The van der Waals surface area contributed by atoms with Gasteiger partial charge in [0.15, 0.2) is 0 Å². The molecule has 1 amide bonds. The quantitative estimate of drug-likeness (QED) is 0.0429. The minimum Gasteiger partial charge on any atom is -0.459 e. The van der Waals surface area contributed by atoms with Crippen molar-refractivity contribution in [1.29, 1.82) is 0 Å². The number of methoxy groups -OCH3 is 1. The highest BCUT2D eigenvalue weighted by Gasteiger charge is 2.65. The smallest absolute Gasteiger partial charge is 0.410 e. The van der Waals surface area contributed by atoms with Crippen molar-refractivity contribution >= 4 is 28.3 Å². The maximum absolute atomic E-state index is 14.3. The maximum atomic E-state index is 14.3. The van der Waals surface area contributed by atoms with Gasteiger partial charge in [-0.2, -0.15) is 0 Å². The fourth-order valence-electron chi connectivity index (χ4n) is 9.65. The summed E-state index contributed by atoms with van der Waals surface area (Å²) >= 11 is 0. The first-order valence-electron chi connectivity index (χ1n) is 20.6. The number of allylic oxidation sites excluding steroid dienone is 1. The van der Waals surface area contributed by atoms with E-state index in [9.17, 15) is 25.1 Å². The minimum absolute atomic E-state index is 0.0152. The van der Waals surface area contributed by atoms with Crippen molar-refractivity contribution in [2.24, 2.45) is 22.9 Å². The lowest BCUT2D eigenvalue weighted by Crippen LogP contribution is -2.70. The summed E-state index contributed by atoms with van der Waals surface area (Å²) in [6.07, 6.45) is 7.93. The van der Waals surface area contributed by atoms with Crippen LogP contribution in [0.1, 0.15) is 62.0 Å². The minimum atomic E-state index is -1.49. The number of rotatable bonds is 18. The lowest BCUT2D eigenvalue weighted by molar-refractivity contribution is -0.384. The van der Waals surface area contributed by atoms with Crippen LogP contribution in [0.2, 0.25) is 0 Å². The van der Waals surface area contributed by atoms with Gasteiger partial charge in [-0.25, -0.2) is 4.79 Å². The maximum Gasteiger partial charge on any atom is 0.410 e. The Labute approximate surface area is 350 Å². The molecule has 1 heterocycles. The van der Waals surface area contributed by atoms with Crippen LogP contribution >= 0.6 is 0 Å². The zero-order valence-corrected chi connectivity index (χ0v) is 34.1. The molecule has 316 valence electrons. The summed E-state index contributed by atoms with van der Waals surface area (Å²) in [6, 6.07) is 24.8. The second-order valence-electron chi connectivity index (χ2n) is 15.5. The Morgan fingerprint density at radius 1 is 0.983 bits per heavy atom. The molecule has 13 heteroatoms. The zero-order chi connectivity index (χ0) is 42.2. The number of oxime groups is 1. The summed E-state index contributed by atoms with van der Waals surface area (Å²) in [5.41, 5.74) is 3.21. The van der Waals surface area contributed by atoms with Crippen LogP contribution in [-0.2, 0) is 20.9 Å². The molecule has 0 saturated heterocycles. The van der Waals surface area contributed by atoms with E-state index in [2.05, 4.69) is 17.8 Å². The SMILES string of the molecule is C=CCOC12Oc3ccc(Oc4cccc([N+](=O)[O-])c4)cc3C3C(CCCCO)C(CCCCO)C=C(C(=NOC)CC1N(Cc1cccc4ccccc14)C(=O)OC)C32. The Balaban J connectivity index is 1.45. The van der Waals surface area contributed by atoms with Crippen molar-refractivity contribution < 1.29 is 43.7 Å². The molecule has 1 fully saturated rings. The fraction of sp³-hybridized carbons (Fsp3) is 0.404. The number of nitro benzene ring substituents is 1. The average Bonchev–Trinajstić information content (AvgIpc) is 3.26. The molecule has 1 aliphatic heterocycles. The average molecular weight is 820 g/mol. The molecule has 4 aromatic carbocycles. The van der Waals surface area contributed by atoms with Crippen molar-refractivity contribution in [2.45, 2.75) is 69.2 Å². The molecule has 2 N–H and O–H groups in total. The molecule has 60 heavy (non-hydrogen) atoms. The molecule has 2 aliphatic carbocycles. The number of unbranched alkanes of at least 4 members (excludes halogenated alkanes) is 2. The van der Waals surface area contributed by atoms with Crippen LogP contribution in [0, 0.1) is 27.9 Å². The molecule has 0 spiro atoms. The van der Waals surface area contributed by atoms with Gasteiger partial charge in [-0.05, 0) is 83.7 Å². The van der Waals surface area contributed by atoms with Gasteiger partial charge in [-0.15, -0.1) is 6.58 Å². The largest absolute Gasteiger partial charge is 0.459 e. The van der Waals surface area contributed by atoms with Gasteiger partial charge < -0.3 is 34.0 Å². The Hall–Kier alpha value is -5.76. The number of nitro groups is 1. The number of non-ortho nitro benzene ring substituents is 1. The normalized spacial score (nSPS) is 23.4. The number of ether oxygens (including phenoxy) is 4. The lowest BCUT2D eigenvalue weighted by Gasteiger charge is -2.59. The molecule has 0 radical (unpaired) electrons. The summed E-state index contributed by atoms with van der Waals surface area (Å²) in [5, 5.41) is 38.1. The van der Waals surface area contributed by atoms with Crippen molar-refractivity contribution in [2.75, 3.05) is 34.0 Å². The highest BCUT2D eigenvalue weighted by atomic mass is 16.7. The van der Waals surface area contributed by atoms with E-state index in [1.54, 1.807) is 29.2 Å². The Morgan fingerprint density at radius 3 is 2.48 bits per heavy atom.